The Morgan fingerprint density at radius 1 is 1.31 bits per heavy atom. The third-order valence-electron chi connectivity index (χ3n) is 5.71. The predicted octanol–water partition coefficient (Wildman–Crippen LogP) is 1.77. The van der Waals surface area contributed by atoms with Gasteiger partial charge in [0, 0.05) is 57.5 Å². The highest BCUT2D eigenvalue weighted by molar-refractivity contribution is 5.89. The molecule has 3 rings (SSSR count). The number of nitrogens with one attached hydrogen (secondary N) is 3. The third-order valence-corrected chi connectivity index (χ3v) is 5.71. The van der Waals surface area contributed by atoms with Crippen molar-refractivity contribution >= 4 is 17.7 Å². The van der Waals surface area contributed by atoms with Crippen molar-refractivity contribution in [1.29, 1.82) is 0 Å². The smallest absolute Gasteiger partial charge is 0.321 e. The van der Waals surface area contributed by atoms with Gasteiger partial charge < -0.3 is 30.7 Å². The van der Waals surface area contributed by atoms with Gasteiger partial charge in [0.15, 0.2) is 5.96 Å². The molecule has 0 spiro atoms. The molecule has 0 radical (unpaired) electrons. The Balaban J connectivity index is 1.49. The number of anilines is 1. The predicted molar refractivity (Wildman–Crippen MR) is 114 cm³/mol. The number of hydrogen-bond donors (Lipinski definition) is 4. The van der Waals surface area contributed by atoms with E-state index in [2.05, 4.69) is 20.9 Å². The van der Waals surface area contributed by atoms with Crippen LogP contribution in [0, 0.1) is 5.41 Å². The molecule has 160 valence electrons. The molecule has 0 aromatic heterocycles. The first kappa shape index (κ1) is 21.4. The Morgan fingerprint density at radius 3 is 2.83 bits per heavy atom. The van der Waals surface area contributed by atoms with Gasteiger partial charge in [0.2, 0.25) is 0 Å². The second-order valence-electron chi connectivity index (χ2n) is 7.88. The van der Waals surface area contributed by atoms with E-state index in [1.807, 2.05) is 29.2 Å². The standard InChI is InChI=1S/C21H33N5O3/c1-22-19(24-15-21(7-11-27)8-12-29-16-21)23-14-17-5-4-6-18(13-17)25-20(28)26-9-2-3-10-26/h4-6,13,27H,2-3,7-12,14-16H2,1H3,(H,25,28)(H2,22,23,24). The summed E-state index contributed by atoms with van der Waals surface area (Å²) >= 11 is 0. The third kappa shape index (κ3) is 6.08. The van der Waals surface area contributed by atoms with Gasteiger partial charge >= 0.3 is 6.03 Å². The van der Waals surface area contributed by atoms with Gasteiger partial charge in [-0.25, -0.2) is 4.79 Å². The van der Waals surface area contributed by atoms with E-state index in [-0.39, 0.29) is 18.1 Å². The lowest BCUT2D eigenvalue weighted by molar-refractivity contribution is 0.127. The van der Waals surface area contributed by atoms with Crippen molar-refractivity contribution in [2.75, 3.05) is 51.8 Å². The van der Waals surface area contributed by atoms with Gasteiger partial charge in [-0.15, -0.1) is 0 Å². The average Bonchev–Trinajstić information content (AvgIpc) is 3.41. The molecule has 2 aliphatic heterocycles. The van der Waals surface area contributed by atoms with Crippen LogP contribution in [0.4, 0.5) is 10.5 Å². The van der Waals surface area contributed by atoms with Gasteiger partial charge in [-0.2, -0.15) is 0 Å². The first-order valence-corrected chi connectivity index (χ1v) is 10.4. The maximum absolute atomic E-state index is 12.3. The van der Waals surface area contributed by atoms with E-state index in [0.717, 1.165) is 56.6 Å². The zero-order valence-corrected chi connectivity index (χ0v) is 17.2. The molecule has 29 heavy (non-hydrogen) atoms. The van der Waals surface area contributed by atoms with E-state index < -0.39 is 0 Å². The van der Waals surface area contributed by atoms with Crippen molar-refractivity contribution in [3.63, 3.8) is 0 Å². The lowest BCUT2D eigenvalue weighted by Gasteiger charge is -2.27. The zero-order chi connectivity index (χ0) is 20.5. The van der Waals surface area contributed by atoms with E-state index in [1.165, 1.54) is 0 Å². The number of carbonyl (C=O) groups is 1. The van der Waals surface area contributed by atoms with Crippen LogP contribution >= 0.6 is 0 Å². The highest BCUT2D eigenvalue weighted by Crippen LogP contribution is 2.31. The molecule has 2 saturated heterocycles. The number of likely N-dealkylation sites (tertiary alicyclic amines) is 1. The summed E-state index contributed by atoms with van der Waals surface area (Å²) in [5.41, 5.74) is 1.82. The minimum atomic E-state index is -0.0356. The Labute approximate surface area is 172 Å². The molecule has 2 fully saturated rings. The van der Waals surface area contributed by atoms with E-state index in [4.69, 9.17) is 4.74 Å². The van der Waals surface area contributed by atoms with Gasteiger partial charge in [-0.05, 0) is 43.4 Å². The molecule has 2 aliphatic rings. The second kappa shape index (κ2) is 10.5. The van der Waals surface area contributed by atoms with Crippen molar-refractivity contribution in [3.05, 3.63) is 29.8 Å². The number of amides is 2. The molecule has 0 saturated carbocycles. The first-order valence-electron chi connectivity index (χ1n) is 10.4. The monoisotopic (exact) mass is 403 g/mol. The number of urea groups is 1. The summed E-state index contributed by atoms with van der Waals surface area (Å²) < 4.78 is 5.54. The van der Waals surface area contributed by atoms with Gasteiger partial charge in [0.1, 0.15) is 0 Å². The molecule has 1 aromatic carbocycles. The lowest BCUT2D eigenvalue weighted by Crippen LogP contribution is -2.44. The Kier molecular flexibility index (Phi) is 7.71. The number of guanidine groups is 1. The van der Waals surface area contributed by atoms with Crippen molar-refractivity contribution in [2.45, 2.75) is 32.2 Å². The molecule has 2 heterocycles. The maximum Gasteiger partial charge on any atom is 0.321 e. The number of aliphatic hydroxyl groups excluding tert-OH is 1. The number of nitrogens with zero attached hydrogens (tertiary/aromatic N) is 2. The summed E-state index contributed by atoms with van der Waals surface area (Å²) in [5, 5.41) is 19.0. The Bertz CT molecular complexity index is 697. The van der Waals surface area contributed by atoms with Crippen molar-refractivity contribution in [2.24, 2.45) is 10.4 Å². The van der Waals surface area contributed by atoms with E-state index in [0.29, 0.717) is 25.7 Å². The van der Waals surface area contributed by atoms with Crippen LogP contribution in [0.25, 0.3) is 0 Å². The Morgan fingerprint density at radius 2 is 2.14 bits per heavy atom. The molecular formula is C21H33N5O3. The van der Waals surface area contributed by atoms with Crippen LogP contribution in [0.15, 0.2) is 29.3 Å². The molecule has 0 bridgehead atoms. The average molecular weight is 404 g/mol. The molecule has 8 heteroatoms. The molecule has 1 aromatic rings. The van der Waals surface area contributed by atoms with Crippen LogP contribution in [0.3, 0.4) is 0 Å². The van der Waals surface area contributed by atoms with E-state index in [1.54, 1.807) is 7.05 Å². The normalized spacial score (nSPS) is 22.0. The van der Waals surface area contributed by atoms with Gasteiger partial charge in [-0.3, -0.25) is 4.99 Å². The highest BCUT2D eigenvalue weighted by atomic mass is 16.5. The summed E-state index contributed by atoms with van der Waals surface area (Å²) in [6.45, 7) is 4.53. The molecule has 1 unspecified atom stereocenters. The summed E-state index contributed by atoms with van der Waals surface area (Å²) in [6, 6.07) is 7.82. The number of benzene rings is 1. The van der Waals surface area contributed by atoms with E-state index >= 15 is 0 Å². The largest absolute Gasteiger partial charge is 0.396 e. The highest BCUT2D eigenvalue weighted by Gasteiger charge is 2.34. The lowest BCUT2D eigenvalue weighted by atomic mass is 9.84. The van der Waals surface area contributed by atoms with E-state index in [9.17, 15) is 9.90 Å². The molecule has 8 nitrogen and oxygen atoms in total. The minimum absolute atomic E-state index is 0.0296. The summed E-state index contributed by atoms with van der Waals surface area (Å²) in [4.78, 5) is 18.4. The van der Waals surface area contributed by atoms with Crippen LogP contribution in [0.2, 0.25) is 0 Å². The second-order valence-corrected chi connectivity index (χ2v) is 7.88. The molecule has 1 atom stereocenters. The fourth-order valence-electron chi connectivity index (χ4n) is 3.87. The minimum Gasteiger partial charge on any atom is -0.396 e. The van der Waals surface area contributed by atoms with Crippen LogP contribution in [0.5, 0.6) is 0 Å². The SMILES string of the molecule is CN=C(NCc1cccc(NC(=O)N2CCCC2)c1)NCC1(CCO)CCOC1. The van der Waals surface area contributed by atoms with Crippen molar-refractivity contribution in [3.8, 4) is 0 Å². The number of hydrogen-bond acceptors (Lipinski definition) is 4. The zero-order valence-electron chi connectivity index (χ0n) is 17.2. The van der Waals surface area contributed by atoms with Gasteiger partial charge in [0.25, 0.3) is 0 Å². The first-order chi connectivity index (χ1) is 14.1. The van der Waals surface area contributed by atoms with Gasteiger partial charge in [-0.1, -0.05) is 12.1 Å². The van der Waals surface area contributed by atoms with Crippen molar-refractivity contribution in [1.82, 2.24) is 15.5 Å². The van der Waals surface area contributed by atoms with Gasteiger partial charge in [0.05, 0.1) is 6.61 Å². The maximum atomic E-state index is 12.3. The van der Waals surface area contributed by atoms with Crippen LogP contribution in [0.1, 0.15) is 31.2 Å². The van der Waals surface area contributed by atoms with Crippen LogP contribution < -0.4 is 16.0 Å². The number of rotatable bonds is 7. The molecule has 0 aliphatic carbocycles. The molecule has 2 amide bonds. The quantitative estimate of drug-likeness (QED) is 0.411. The number of carbonyl (C=O) groups excluding carboxylic acids is 1. The van der Waals surface area contributed by atoms with Crippen LogP contribution in [-0.2, 0) is 11.3 Å². The summed E-state index contributed by atoms with van der Waals surface area (Å²) in [7, 11) is 1.74. The topological polar surface area (TPSA) is 98.2 Å². The number of aliphatic hydroxyl groups is 1. The Hall–Kier alpha value is -2.32. The molecule has 4 N–H and O–H groups in total. The summed E-state index contributed by atoms with van der Waals surface area (Å²) in [5.74, 6) is 0.709. The number of aliphatic imine (C=N–C) groups is 1. The number of ether oxygens (including phenoxy) is 1. The molecular weight excluding hydrogens is 370 g/mol. The fraction of sp³-hybridized carbons (Fsp3) is 0.619. The fourth-order valence-corrected chi connectivity index (χ4v) is 3.87. The van der Waals surface area contributed by atoms with Crippen molar-refractivity contribution < 1.29 is 14.6 Å². The van der Waals surface area contributed by atoms with Crippen LogP contribution in [-0.4, -0.2) is 68.5 Å². The summed E-state index contributed by atoms with van der Waals surface area (Å²) in [6.07, 6.45) is 3.82.